The Morgan fingerprint density at radius 1 is 1.56 bits per heavy atom. The fourth-order valence-corrected chi connectivity index (χ4v) is 2.52. The van der Waals surface area contributed by atoms with Gasteiger partial charge in [0.1, 0.15) is 6.10 Å². The number of fused-ring (bicyclic) bond motifs is 5. The van der Waals surface area contributed by atoms with Gasteiger partial charge in [0, 0.05) is 11.6 Å². The van der Waals surface area contributed by atoms with Crippen molar-refractivity contribution in [3.05, 3.63) is 51.6 Å². The summed E-state index contributed by atoms with van der Waals surface area (Å²) >= 11 is 0. The number of carbonyl (C=O) groups is 1. The molecule has 0 saturated carbocycles. The Bertz CT molecular complexity index is 594. The first-order chi connectivity index (χ1) is 8.60. The van der Waals surface area contributed by atoms with Crippen molar-refractivity contribution in [3.63, 3.8) is 0 Å². The number of rotatable bonds is 2. The molecular formula is C12H9NO5. The zero-order valence-electron chi connectivity index (χ0n) is 9.45. The minimum absolute atomic E-state index is 0.0346. The standard InChI is InChI=1S/C12H9NO5/c1-17-11(14)12-6-5-9(18-12)10-7(12)3-2-4-8(10)13(15)16/h2-6,9H,1H3. The first kappa shape index (κ1) is 10.9. The molecule has 18 heavy (non-hydrogen) atoms. The lowest BCUT2D eigenvalue weighted by atomic mass is 9.86. The van der Waals surface area contributed by atoms with Crippen LogP contribution in [0.3, 0.4) is 0 Å². The number of hydrogen-bond donors (Lipinski definition) is 0. The summed E-state index contributed by atoms with van der Waals surface area (Å²) in [6.07, 6.45) is 2.68. The Hall–Kier alpha value is -2.21. The van der Waals surface area contributed by atoms with E-state index in [9.17, 15) is 14.9 Å². The first-order valence-corrected chi connectivity index (χ1v) is 5.33. The number of ether oxygens (including phenoxy) is 2. The number of nitrogens with zero attached hydrogens (tertiary/aromatic N) is 1. The van der Waals surface area contributed by atoms with E-state index in [1.165, 1.54) is 13.2 Å². The summed E-state index contributed by atoms with van der Waals surface area (Å²) in [5.74, 6) is -0.569. The summed E-state index contributed by atoms with van der Waals surface area (Å²) in [6.45, 7) is 0. The molecule has 1 aromatic carbocycles. The van der Waals surface area contributed by atoms with Gasteiger partial charge in [-0.25, -0.2) is 4.79 Å². The highest BCUT2D eigenvalue weighted by atomic mass is 16.6. The number of nitro benzene ring substituents is 1. The van der Waals surface area contributed by atoms with Crippen LogP contribution in [0.2, 0.25) is 0 Å². The average molecular weight is 247 g/mol. The Balaban J connectivity index is 2.24. The smallest absolute Gasteiger partial charge is 0.347 e. The van der Waals surface area contributed by atoms with Gasteiger partial charge in [0.25, 0.3) is 5.69 Å². The Labute approximate surface area is 102 Å². The number of nitro groups is 1. The average Bonchev–Trinajstić information content (AvgIpc) is 2.95. The molecule has 2 atom stereocenters. The second kappa shape index (κ2) is 3.39. The molecule has 6 nitrogen and oxygen atoms in total. The monoisotopic (exact) mass is 247 g/mol. The van der Waals surface area contributed by atoms with Crippen molar-refractivity contribution < 1.29 is 19.2 Å². The minimum Gasteiger partial charge on any atom is -0.466 e. The van der Waals surface area contributed by atoms with Crippen LogP contribution in [0.1, 0.15) is 17.2 Å². The predicted octanol–water partition coefficient (Wildman–Crippen LogP) is 1.60. The molecule has 0 saturated heterocycles. The highest BCUT2D eigenvalue weighted by molar-refractivity contribution is 5.87. The lowest BCUT2D eigenvalue weighted by Crippen LogP contribution is -2.33. The molecule has 2 aliphatic heterocycles. The molecule has 2 unspecified atom stereocenters. The molecule has 2 heterocycles. The second-order valence-electron chi connectivity index (χ2n) is 4.12. The van der Waals surface area contributed by atoms with Crippen molar-refractivity contribution in [3.8, 4) is 0 Å². The summed E-state index contributed by atoms with van der Waals surface area (Å²) in [5.41, 5.74) is -0.417. The quantitative estimate of drug-likeness (QED) is 0.343. The molecule has 3 rings (SSSR count). The molecule has 0 N–H and O–H groups in total. The van der Waals surface area contributed by atoms with Crippen LogP contribution in [0, 0.1) is 10.1 Å². The molecule has 0 radical (unpaired) electrons. The minimum atomic E-state index is -1.32. The van der Waals surface area contributed by atoms with E-state index in [2.05, 4.69) is 0 Å². The van der Waals surface area contributed by atoms with Crippen molar-refractivity contribution >= 4 is 11.7 Å². The summed E-state index contributed by atoms with van der Waals surface area (Å²) in [6, 6.07) is 4.60. The van der Waals surface area contributed by atoms with Gasteiger partial charge in [-0.3, -0.25) is 10.1 Å². The van der Waals surface area contributed by atoms with Gasteiger partial charge in [0.15, 0.2) is 0 Å². The van der Waals surface area contributed by atoms with Crippen LogP contribution >= 0.6 is 0 Å². The Kier molecular flexibility index (Phi) is 2.06. The van der Waals surface area contributed by atoms with Gasteiger partial charge in [0.2, 0.25) is 5.60 Å². The third kappa shape index (κ3) is 1.12. The third-order valence-corrected chi connectivity index (χ3v) is 3.27. The van der Waals surface area contributed by atoms with Gasteiger partial charge >= 0.3 is 5.97 Å². The highest BCUT2D eigenvalue weighted by Gasteiger charge is 2.55. The van der Waals surface area contributed by atoms with Crippen LogP contribution in [-0.4, -0.2) is 18.0 Å². The molecule has 0 fully saturated rings. The van der Waals surface area contributed by atoms with Crippen molar-refractivity contribution in [1.29, 1.82) is 0 Å². The molecule has 92 valence electrons. The largest absolute Gasteiger partial charge is 0.466 e. The van der Waals surface area contributed by atoms with Gasteiger partial charge < -0.3 is 9.47 Å². The van der Waals surface area contributed by atoms with Gasteiger partial charge in [-0.05, 0) is 6.08 Å². The molecule has 2 aliphatic rings. The van der Waals surface area contributed by atoms with E-state index in [0.717, 1.165) is 0 Å². The summed E-state index contributed by atoms with van der Waals surface area (Å²) < 4.78 is 10.3. The van der Waals surface area contributed by atoms with Crippen LogP contribution in [0.15, 0.2) is 30.4 Å². The normalized spacial score (nSPS) is 27.1. The maximum Gasteiger partial charge on any atom is 0.347 e. The molecule has 0 spiro atoms. The summed E-state index contributed by atoms with van der Waals surface area (Å²) in [4.78, 5) is 22.4. The number of methoxy groups -OCH3 is 1. The van der Waals surface area contributed by atoms with E-state index in [1.54, 1.807) is 24.3 Å². The second-order valence-corrected chi connectivity index (χ2v) is 4.12. The number of hydrogen-bond acceptors (Lipinski definition) is 5. The lowest BCUT2D eigenvalue weighted by molar-refractivity contribution is -0.385. The zero-order chi connectivity index (χ0) is 12.9. The summed E-state index contributed by atoms with van der Waals surface area (Å²) in [5, 5.41) is 11.0. The maximum absolute atomic E-state index is 11.9. The van der Waals surface area contributed by atoms with Crippen molar-refractivity contribution in [2.75, 3.05) is 7.11 Å². The number of esters is 1. The van der Waals surface area contributed by atoms with E-state index in [0.29, 0.717) is 11.1 Å². The molecule has 1 aromatic rings. The molecule has 2 bridgehead atoms. The Morgan fingerprint density at radius 2 is 2.33 bits per heavy atom. The van der Waals surface area contributed by atoms with Gasteiger partial charge in [-0.15, -0.1) is 0 Å². The molecule has 0 amide bonds. The van der Waals surface area contributed by atoms with Gasteiger partial charge in [0.05, 0.1) is 17.6 Å². The van der Waals surface area contributed by atoms with E-state index in [-0.39, 0.29) is 5.69 Å². The van der Waals surface area contributed by atoms with Crippen molar-refractivity contribution in [2.24, 2.45) is 0 Å². The van der Waals surface area contributed by atoms with E-state index in [1.807, 2.05) is 0 Å². The van der Waals surface area contributed by atoms with Gasteiger partial charge in [-0.1, -0.05) is 18.2 Å². The topological polar surface area (TPSA) is 78.7 Å². The van der Waals surface area contributed by atoms with Crippen LogP contribution < -0.4 is 0 Å². The fourth-order valence-electron chi connectivity index (χ4n) is 2.52. The van der Waals surface area contributed by atoms with E-state index < -0.39 is 22.6 Å². The van der Waals surface area contributed by atoms with Crippen LogP contribution in [0.5, 0.6) is 0 Å². The SMILES string of the molecule is COC(=O)C12C=CC(O1)c1c([N+](=O)[O-])cccc12. The van der Waals surface area contributed by atoms with E-state index >= 15 is 0 Å². The summed E-state index contributed by atoms with van der Waals surface area (Å²) in [7, 11) is 1.26. The molecular weight excluding hydrogens is 238 g/mol. The third-order valence-electron chi connectivity index (χ3n) is 3.27. The molecule has 6 heteroatoms. The number of carbonyl (C=O) groups excluding carboxylic acids is 1. The zero-order valence-corrected chi connectivity index (χ0v) is 9.45. The van der Waals surface area contributed by atoms with Crippen LogP contribution in [0.4, 0.5) is 5.69 Å². The van der Waals surface area contributed by atoms with Gasteiger partial charge in [-0.2, -0.15) is 0 Å². The van der Waals surface area contributed by atoms with E-state index in [4.69, 9.17) is 9.47 Å². The predicted molar refractivity (Wildman–Crippen MR) is 59.8 cm³/mol. The van der Waals surface area contributed by atoms with Crippen LogP contribution in [-0.2, 0) is 19.9 Å². The van der Waals surface area contributed by atoms with Crippen molar-refractivity contribution in [2.45, 2.75) is 11.7 Å². The van der Waals surface area contributed by atoms with Crippen molar-refractivity contribution in [1.82, 2.24) is 0 Å². The Morgan fingerprint density at radius 3 is 3.00 bits per heavy atom. The van der Waals surface area contributed by atoms with Crippen LogP contribution in [0.25, 0.3) is 0 Å². The molecule has 0 aliphatic carbocycles. The number of benzene rings is 1. The highest BCUT2D eigenvalue weighted by Crippen LogP contribution is 2.53. The lowest BCUT2D eigenvalue weighted by Gasteiger charge is -2.20. The first-order valence-electron chi connectivity index (χ1n) is 5.33. The fraction of sp³-hybridized carbons (Fsp3) is 0.250. The molecule has 0 aromatic heterocycles. The maximum atomic E-state index is 11.9.